The van der Waals surface area contributed by atoms with Crippen molar-refractivity contribution in [3.63, 3.8) is 0 Å². The molecule has 0 radical (unpaired) electrons. The smallest absolute Gasteiger partial charge is 0.265 e. The molecule has 7 nitrogen and oxygen atoms in total. The molecule has 7 heteroatoms. The molecule has 0 spiro atoms. The Hall–Kier alpha value is -3.09. The molecule has 2 unspecified atom stereocenters. The topological polar surface area (TPSA) is 80.8 Å². The van der Waals surface area contributed by atoms with Crippen LogP contribution in [0.4, 0.5) is 0 Å². The van der Waals surface area contributed by atoms with Crippen molar-refractivity contribution in [3.05, 3.63) is 53.9 Å². The molecule has 2 amide bonds. The minimum Gasteiger partial charge on any atom is -0.497 e. The first-order valence-electron chi connectivity index (χ1n) is 11.8. The van der Waals surface area contributed by atoms with Crippen LogP contribution in [0.1, 0.15) is 63.1 Å². The predicted octanol–water partition coefficient (Wildman–Crippen LogP) is 4.03. The zero-order chi connectivity index (χ0) is 23.4. The van der Waals surface area contributed by atoms with Crippen LogP contribution in [-0.2, 0) is 16.1 Å². The molecule has 33 heavy (non-hydrogen) atoms. The van der Waals surface area contributed by atoms with Gasteiger partial charge in [-0.2, -0.15) is 0 Å². The largest absolute Gasteiger partial charge is 0.497 e. The fourth-order valence-electron chi connectivity index (χ4n) is 4.70. The van der Waals surface area contributed by atoms with Gasteiger partial charge in [-0.25, -0.2) is 0 Å². The number of hydrogen-bond donors (Lipinski definition) is 1. The summed E-state index contributed by atoms with van der Waals surface area (Å²) in [4.78, 5) is 33.4. The summed E-state index contributed by atoms with van der Waals surface area (Å²) >= 11 is 0. The van der Waals surface area contributed by atoms with Crippen LogP contribution >= 0.6 is 0 Å². The summed E-state index contributed by atoms with van der Waals surface area (Å²) in [5, 5.41) is 3.23. The van der Waals surface area contributed by atoms with E-state index in [1.807, 2.05) is 38.1 Å². The molecule has 1 saturated carbocycles. The summed E-state index contributed by atoms with van der Waals surface area (Å²) in [5.74, 6) is 0.689. The number of carbonyl (C=O) groups excluding carboxylic acids is 2. The number of methoxy groups -OCH3 is 1. The van der Waals surface area contributed by atoms with E-state index >= 15 is 0 Å². The van der Waals surface area contributed by atoms with E-state index in [2.05, 4.69) is 10.3 Å². The first kappa shape index (κ1) is 23.1. The zero-order valence-corrected chi connectivity index (χ0v) is 19.6. The summed E-state index contributed by atoms with van der Waals surface area (Å²) < 4.78 is 11.6. The van der Waals surface area contributed by atoms with E-state index in [4.69, 9.17) is 9.47 Å². The third kappa shape index (κ3) is 5.13. The highest BCUT2D eigenvalue weighted by Gasteiger charge is 2.42. The normalized spacial score (nSPS) is 21.2. The maximum absolute atomic E-state index is 13.8. The molecule has 1 aromatic carbocycles. The van der Waals surface area contributed by atoms with Crippen molar-refractivity contribution in [1.82, 2.24) is 15.2 Å². The summed E-state index contributed by atoms with van der Waals surface area (Å²) in [5.41, 5.74) is 1.53. The zero-order valence-electron chi connectivity index (χ0n) is 19.6. The highest BCUT2D eigenvalue weighted by atomic mass is 16.5. The predicted molar refractivity (Wildman–Crippen MR) is 125 cm³/mol. The Morgan fingerprint density at radius 2 is 2.03 bits per heavy atom. The number of pyridine rings is 1. The van der Waals surface area contributed by atoms with Crippen LogP contribution in [0.25, 0.3) is 0 Å². The molecule has 2 aromatic rings. The number of fused-ring (bicyclic) bond motifs is 1. The standard InChI is InChI=1S/C26H33N3O4/c1-17(2)24-26(31)29(16-18-8-7-13-27-15-18)23(25(30)28-19-9-5-4-6-10-19)21-12-11-20(32-3)14-22(21)33-24/h7-8,11-15,17,19,23-24H,4-6,9-10,16H2,1-3H3,(H,28,30). The molecular weight excluding hydrogens is 418 g/mol. The first-order valence-corrected chi connectivity index (χ1v) is 11.8. The van der Waals surface area contributed by atoms with E-state index < -0.39 is 12.1 Å². The van der Waals surface area contributed by atoms with Crippen molar-refractivity contribution in [1.29, 1.82) is 0 Å². The molecule has 1 aliphatic carbocycles. The third-order valence-electron chi connectivity index (χ3n) is 6.49. The Morgan fingerprint density at radius 3 is 2.70 bits per heavy atom. The van der Waals surface area contributed by atoms with Gasteiger partial charge in [0.2, 0.25) is 5.91 Å². The molecule has 2 aliphatic rings. The summed E-state index contributed by atoms with van der Waals surface area (Å²) in [6.07, 6.45) is 8.08. The molecule has 1 aromatic heterocycles. The summed E-state index contributed by atoms with van der Waals surface area (Å²) in [6, 6.07) is 8.51. The summed E-state index contributed by atoms with van der Waals surface area (Å²) in [7, 11) is 1.59. The first-order chi connectivity index (χ1) is 16.0. The van der Waals surface area contributed by atoms with Crippen LogP contribution < -0.4 is 14.8 Å². The van der Waals surface area contributed by atoms with E-state index in [-0.39, 0.29) is 30.3 Å². The lowest BCUT2D eigenvalue weighted by molar-refractivity contribution is -0.147. The van der Waals surface area contributed by atoms with Gasteiger partial charge in [-0.3, -0.25) is 14.6 Å². The van der Waals surface area contributed by atoms with E-state index in [1.165, 1.54) is 6.42 Å². The van der Waals surface area contributed by atoms with Crippen molar-refractivity contribution in [3.8, 4) is 11.5 Å². The molecule has 1 N–H and O–H groups in total. The molecule has 0 saturated heterocycles. The van der Waals surface area contributed by atoms with Gasteiger partial charge < -0.3 is 19.7 Å². The number of rotatable bonds is 6. The second-order valence-corrected chi connectivity index (χ2v) is 9.26. The molecule has 4 rings (SSSR count). The van der Waals surface area contributed by atoms with Crippen molar-refractivity contribution >= 4 is 11.8 Å². The second-order valence-electron chi connectivity index (χ2n) is 9.26. The molecular formula is C26H33N3O4. The van der Waals surface area contributed by atoms with Gasteiger partial charge in [-0.1, -0.05) is 39.2 Å². The Bertz CT molecular complexity index is 973. The maximum Gasteiger partial charge on any atom is 0.265 e. The molecule has 1 fully saturated rings. The monoisotopic (exact) mass is 451 g/mol. The van der Waals surface area contributed by atoms with Gasteiger partial charge >= 0.3 is 0 Å². The number of nitrogens with one attached hydrogen (secondary N) is 1. The van der Waals surface area contributed by atoms with Gasteiger partial charge in [0.15, 0.2) is 6.10 Å². The number of amides is 2. The molecule has 1 aliphatic heterocycles. The third-order valence-corrected chi connectivity index (χ3v) is 6.49. The number of nitrogens with zero attached hydrogens (tertiary/aromatic N) is 2. The van der Waals surface area contributed by atoms with Gasteiger partial charge in [0.25, 0.3) is 5.91 Å². The number of carbonyl (C=O) groups is 2. The fraction of sp³-hybridized carbons (Fsp3) is 0.500. The fourth-order valence-corrected chi connectivity index (χ4v) is 4.70. The van der Waals surface area contributed by atoms with Gasteiger partial charge in [0, 0.05) is 36.6 Å². The average Bonchev–Trinajstić information content (AvgIpc) is 2.94. The van der Waals surface area contributed by atoms with Crippen molar-refractivity contribution < 1.29 is 19.1 Å². The summed E-state index contributed by atoms with van der Waals surface area (Å²) in [6.45, 7) is 4.17. The average molecular weight is 452 g/mol. The number of aromatic nitrogens is 1. The minimum atomic E-state index is -0.802. The van der Waals surface area contributed by atoms with Crippen LogP contribution in [0, 0.1) is 5.92 Å². The van der Waals surface area contributed by atoms with Gasteiger partial charge in [0.1, 0.15) is 17.5 Å². The van der Waals surface area contributed by atoms with Gasteiger partial charge in [-0.15, -0.1) is 0 Å². The molecule has 2 atom stereocenters. The lowest BCUT2D eigenvalue weighted by Crippen LogP contribution is -2.49. The highest BCUT2D eigenvalue weighted by Crippen LogP contribution is 2.39. The lowest BCUT2D eigenvalue weighted by atomic mass is 9.94. The van der Waals surface area contributed by atoms with Gasteiger partial charge in [-0.05, 0) is 42.5 Å². The van der Waals surface area contributed by atoms with E-state index in [1.54, 1.807) is 30.5 Å². The lowest BCUT2D eigenvalue weighted by Gasteiger charge is -2.33. The van der Waals surface area contributed by atoms with Crippen molar-refractivity contribution in [2.45, 2.75) is 70.7 Å². The molecule has 2 heterocycles. The number of ether oxygens (including phenoxy) is 2. The van der Waals surface area contributed by atoms with E-state index in [0.717, 1.165) is 31.2 Å². The molecule has 0 bridgehead atoms. The van der Waals surface area contributed by atoms with Gasteiger partial charge in [0.05, 0.1) is 7.11 Å². The Kier molecular flexibility index (Phi) is 7.16. The number of hydrogen-bond acceptors (Lipinski definition) is 5. The van der Waals surface area contributed by atoms with Crippen LogP contribution in [0.2, 0.25) is 0 Å². The van der Waals surface area contributed by atoms with Crippen molar-refractivity contribution in [2.24, 2.45) is 5.92 Å². The number of benzene rings is 1. The van der Waals surface area contributed by atoms with Crippen LogP contribution in [0.3, 0.4) is 0 Å². The van der Waals surface area contributed by atoms with Crippen molar-refractivity contribution in [2.75, 3.05) is 7.11 Å². The van der Waals surface area contributed by atoms with E-state index in [9.17, 15) is 9.59 Å². The second kappa shape index (κ2) is 10.2. The SMILES string of the molecule is COc1ccc2c(c1)OC(C(C)C)C(=O)N(Cc1cccnc1)C2C(=O)NC1CCCCC1. The Labute approximate surface area is 195 Å². The minimum absolute atomic E-state index is 0.0758. The van der Waals surface area contributed by atoms with Crippen LogP contribution in [0.15, 0.2) is 42.7 Å². The van der Waals surface area contributed by atoms with Crippen LogP contribution in [-0.4, -0.2) is 41.0 Å². The maximum atomic E-state index is 13.8. The van der Waals surface area contributed by atoms with E-state index in [0.29, 0.717) is 17.1 Å². The Morgan fingerprint density at radius 1 is 1.24 bits per heavy atom. The van der Waals surface area contributed by atoms with Crippen LogP contribution in [0.5, 0.6) is 11.5 Å². The Balaban J connectivity index is 1.77. The quantitative estimate of drug-likeness (QED) is 0.717. The molecule has 176 valence electrons. The highest BCUT2D eigenvalue weighted by molar-refractivity contribution is 5.92.